The summed E-state index contributed by atoms with van der Waals surface area (Å²) in [4.78, 5) is 10.7. The van der Waals surface area contributed by atoms with Crippen molar-refractivity contribution in [3.63, 3.8) is 0 Å². The van der Waals surface area contributed by atoms with Crippen LogP contribution in [-0.4, -0.2) is 21.8 Å². The van der Waals surface area contributed by atoms with E-state index in [0.717, 1.165) is 5.69 Å². The molecule has 2 N–H and O–H groups in total. The van der Waals surface area contributed by atoms with Crippen LogP contribution in [0.4, 0.5) is 4.79 Å². The predicted octanol–water partition coefficient (Wildman–Crippen LogP) is 3.60. The van der Waals surface area contributed by atoms with Gasteiger partial charge in [0.2, 0.25) is 0 Å². The van der Waals surface area contributed by atoms with Crippen LogP contribution in [0.5, 0.6) is 0 Å². The highest BCUT2D eigenvalue weighted by Crippen LogP contribution is 2.23. The minimum atomic E-state index is -0.978. The van der Waals surface area contributed by atoms with E-state index in [0.29, 0.717) is 6.42 Å². The maximum absolute atomic E-state index is 10.7. The third-order valence-corrected chi connectivity index (χ3v) is 3.83. The minimum Gasteiger partial charge on any atom is -0.465 e. The molecule has 0 saturated heterocycles. The molecule has 0 fully saturated rings. The van der Waals surface area contributed by atoms with Crippen molar-refractivity contribution in [3.8, 4) is 5.69 Å². The second-order valence-electron chi connectivity index (χ2n) is 5.57. The fourth-order valence-electron chi connectivity index (χ4n) is 2.77. The molecule has 2 rings (SSSR count). The Hall–Kier alpha value is -2.23. The summed E-state index contributed by atoms with van der Waals surface area (Å²) >= 11 is 0. The molecule has 21 heavy (non-hydrogen) atoms. The lowest BCUT2D eigenvalue weighted by molar-refractivity contribution is 0.190. The van der Waals surface area contributed by atoms with Crippen LogP contribution in [-0.2, 0) is 6.42 Å². The molecule has 0 aliphatic rings. The van der Waals surface area contributed by atoms with Crippen LogP contribution >= 0.6 is 0 Å². The highest BCUT2D eigenvalue weighted by Gasteiger charge is 2.12. The molecule has 1 aromatic heterocycles. The first-order chi connectivity index (χ1) is 9.90. The van der Waals surface area contributed by atoms with Gasteiger partial charge in [0, 0.05) is 23.1 Å². The summed E-state index contributed by atoms with van der Waals surface area (Å²) in [5, 5.41) is 11.3. The number of benzene rings is 1. The van der Waals surface area contributed by atoms with Crippen molar-refractivity contribution in [2.24, 2.45) is 0 Å². The molecule has 2 aromatic rings. The first-order valence-electron chi connectivity index (χ1n) is 7.13. The number of aryl methyl sites for hydroxylation is 2. The number of rotatable bonds is 4. The zero-order valence-electron chi connectivity index (χ0n) is 13.0. The largest absolute Gasteiger partial charge is 0.465 e. The van der Waals surface area contributed by atoms with Crippen molar-refractivity contribution in [1.29, 1.82) is 0 Å². The van der Waals surface area contributed by atoms with Gasteiger partial charge in [0.15, 0.2) is 0 Å². The summed E-state index contributed by atoms with van der Waals surface area (Å²) in [6.07, 6.45) is -0.292. The quantitative estimate of drug-likeness (QED) is 0.902. The molecule has 1 unspecified atom stereocenters. The van der Waals surface area contributed by atoms with Gasteiger partial charge < -0.3 is 15.0 Å². The molecule has 112 valence electrons. The van der Waals surface area contributed by atoms with E-state index in [1.807, 2.05) is 13.0 Å². The van der Waals surface area contributed by atoms with E-state index >= 15 is 0 Å². The summed E-state index contributed by atoms with van der Waals surface area (Å²) in [6.45, 7) is 8.16. The zero-order chi connectivity index (χ0) is 15.6. The van der Waals surface area contributed by atoms with Crippen molar-refractivity contribution in [1.82, 2.24) is 9.88 Å². The van der Waals surface area contributed by atoms with Gasteiger partial charge in [-0.15, -0.1) is 0 Å². The average molecular weight is 286 g/mol. The number of nitrogens with zero attached hydrogens (tertiary/aromatic N) is 1. The Bertz CT molecular complexity index is 639. The first kappa shape index (κ1) is 15.2. The molecular weight excluding hydrogens is 264 g/mol. The molecule has 0 aliphatic carbocycles. The van der Waals surface area contributed by atoms with E-state index in [-0.39, 0.29) is 6.04 Å². The van der Waals surface area contributed by atoms with E-state index in [1.54, 1.807) is 0 Å². The van der Waals surface area contributed by atoms with Gasteiger partial charge in [-0.2, -0.15) is 0 Å². The second-order valence-corrected chi connectivity index (χ2v) is 5.57. The summed E-state index contributed by atoms with van der Waals surface area (Å²) in [5.41, 5.74) is 5.92. The summed E-state index contributed by atoms with van der Waals surface area (Å²) in [7, 11) is 0. The van der Waals surface area contributed by atoms with Gasteiger partial charge >= 0.3 is 6.09 Å². The predicted molar refractivity (Wildman–Crippen MR) is 84.3 cm³/mol. The van der Waals surface area contributed by atoms with Crippen molar-refractivity contribution in [2.45, 2.75) is 40.2 Å². The smallest absolute Gasteiger partial charge is 0.404 e. The molecule has 0 saturated carbocycles. The van der Waals surface area contributed by atoms with Crippen LogP contribution in [0.2, 0.25) is 0 Å². The Morgan fingerprint density at radius 1 is 1.19 bits per heavy atom. The minimum absolute atomic E-state index is 0.108. The van der Waals surface area contributed by atoms with E-state index in [4.69, 9.17) is 5.11 Å². The van der Waals surface area contributed by atoms with Crippen molar-refractivity contribution >= 4 is 6.09 Å². The highest BCUT2D eigenvalue weighted by molar-refractivity contribution is 5.64. The Kier molecular flexibility index (Phi) is 4.36. The zero-order valence-corrected chi connectivity index (χ0v) is 13.0. The van der Waals surface area contributed by atoms with Gasteiger partial charge in [0.25, 0.3) is 0 Å². The molecule has 4 nitrogen and oxygen atoms in total. The number of carboxylic acid groups (broad SMARTS) is 1. The van der Waals surface area contributed by atoms with Gasteiger partial charge in [-0.1, -0.05) is 12.1 Å². The molecule has 1 atom stereocenters. The first-order valence-corrected chi connectivity index (χ1v) is 7.13. The van der Waals surface area contributed by atoms with Gasteiger partial charge in [-0.25, -0.2) is 4.79 Å². The Labute approximate surface area is 125 Å². The summed E-state index contributed by atoms with van der Waals surface area (Å²) in [6, 6.07) is 10.3. The van der Waals surface area contributed by atoms with Crippen molar-refractivity contribution < 1.29 is 9.90 Å². The lowest BCUT2D eigenvalue weighted by Crippen LogP contribution is -2.32. The van der Waals surface area contributed by atoms with Crippen LogP contribution in [0, 0.1) is 20.8 Å². The van der Waals surface area contributed by atoms with E-state index < -0.39 is 6.09 Å². The van der Waals surface area contributed by atoms with Gasteiger partial charge in [0.05, 0.1) is 0 Å². The normalized spacial score (nSPS) is 12.2. The molecule has 0 aliphatic heterocycles. The van der Waals surface area contributed by atoms with Crippen LogP contribution in [0.25, 0.3) is 5.69 Å². The van der Waals surface area contributed by atoms with E-state index in [1.165, 1.54) is 22.5 Å². The van der Waals surface area contributed by atoms with Crippen LogP contribution in [0.3, 0.4) is 0 Å². The molecular formula is C17H22N2O2. The Balaban J connectivity index is 2.35. The SMILES string of the molecule is Cc1c(CC(C)NC(=O)O)cccc1-n1c(C)ccc1C. The molecule has 0 bridgehead atoms. The fourth-order valence-corrected chi connectivity index (χ4v) is 2.77. The van der Waals surface area contributed by atoms with Gasteiger partial charge in [-0.3, -0.25) is 0 Å². The lowest BCUT2D eigenvalue weighted by Gasteiger charge is -2.18. The number of hydrogen-bond donors (Lipinski definition) is 2. The molecule has 0 spiro atoms. The monoisotopic (exact) mass is 286 g/mol. The third-order valence-electron chi connectivity index (χ3n) is 3.83. The van der Waals surface area contributed by atoms with Crippen LogP contribution < -0.4 is 5.32 Å². The van der Waals surface area contributed by atoms with Crippen LogP contribution in [0.15, 0.2) is 30.3 Å². The summed E-state index contributed by atoms with van der Waals surface area (Å²) in [5.74, 6) is 0. The fraction of sp³-hybridized carbons (Fsp3) is 0.353. The van der Waals surface area contributed by atoms with Gasteiger partial charge in [-0.05, 0) is 63.4 Å². The average Bonchev–Trinajstić information content (AvgIpc) is 2.71. The Morgan fingerprint density at radius 2 is 1.81 bits per heavy atom. The van der Waals surface area contributed by atoms with Crippen molar-refractivity contribution in [3.05, 3.63) is 52.8 Å². The number of hydrogen-bond acceptors (Lipinski definition) is 1. The lowest BCUT2D eigenvalue weighted by atomic mass is 10.00. The molecule has 4 heteroatoms. The molecule has 1 aromatic carbocycles. The molecule has 0 radical (unpaired) electrons. The number of amides is 1. The summed E-state index contributed by atoms with van der Waals surface area (Å²) < 4.78 is 2.23. The number of carbonyl (C=O) groups is 1. The number of aromatic nitrogens is 1. The van der Waals surface area contributed by atoms with Crippen LogP contribution in [0.1, 0.15) is 29.4 Å². The highest BCUT2D eigenvalue weighted by atomic mass is 16.4. The topological polar surface area (TPSA) is 54.3 Å². The van der Waals surface area contributed by atoms with E-state index in [2.05, 4.69) is 54.9 Å². The maximum atomic E-state index is 10.7. The molecule has 1 heterocycles. The van der Waals surface area contributed by atoms with Gasteiger partial charge in [0.1, 0.15) is 0 Å². The maximum Gasteiger partial charge on any atom is 0.404 e. The van der Waals surface area contributed by atoms with Crippen molar-refractivity contribution in [2.75, 3.05) is 0 Å². The Morgan fingerprint density at radius 3 is 2.38 bits per heavy atom. The standard InChI is InChI=1S/C17H22N2O2/c1-11(18-17(20)21)10-15-6-5-7-16(14(15)4)19-12(2)8-9-13(19)3/h5-9,11,18H,10H2,1-4H3,(H,20,21). The van der Waals surface area contributed by atoms with E-state index in [9.17, 15) is 4.79 Å². The second kappa shape index (κ2) is 6.04. The number of nitrogens with one attached hydrogen (secondary N) is 1. The molecule has 1 amide bonds. The third kappa shape index (κ3) is 3.27.